The molecule has 2 rings (SSSR count). The van der Waals surface area contributed by atoms with Gasteiger partial charge < -0.3 is 5.11 Å². The Morgan fingerprint density at radius 1 is 1.36 bits per heavy atom. The van der Waals surface area contributed by atoms with Crippen LogP contribution in [0.5, 0.6) is 0 Å². The highest BCUT2D eigenvalue weighted by Crippen LogP contribution is 2.19. The average molecular weight is 224 g/mol. The van der Waals surface area contributed by atoms with Crippen LogP contribution in [-0.2, 0) is 6.73 Å². The fourth-order valence-corrected chi connectivity index (χ4v) is 2.06. The zero-order valence-corrected chi connectivity index (χ0v) is 8.88. The van der Waals surface area contributed by atoms with Crippen LogP contribution < -0.4 is 0 Å². The van der Waals surface area contributed by atoms with E-state index in [4.69, 9.17) is 17.3 Å². The van der Waals surface area contributed by atoms with Crippen molar-refractivity contribution in [2.75, 3.05) is 0 Å². The molecule has 0 aliphatic rings. The number of benzene rings is 1. The molecular formula is C9H8N2OS2. The van der Waals surface area contributed by atoms with Crippen LogP contribution in [0, 0.1) is 3.95 Å². The van der Waals surface area contributed by atoms with Crippen LogP contribution in [0.15, 0.2) is 30.3 Å². The standard InChI is InChI=1S/C9H8N2OS2/c12-6-11-8(10-14-9(11)13)7-4-2-1-3-5-7/h1-5,12H,6H2. The molecule has 0 radical (unpaired) electrons. The second-order valence-electron chi connectivity index (χ2n) is 2.71. The number of nitrogens with zero attached hydrogens (tertiary/aromatic N) is 2. The van der Waals surface area contributed by atoms with Crippen molar-refractivity contribution in [3.05, 3.63) is 34.3 Å². The van der Waals surface area contributed by atoms with Crippen LogP contribution >= 0.6 is 23.8 Å². The zero-order chi connectivity index (χ0) is 9.97. The Morgan fingerprint density at radius 3 is 2.71 bits per heavy atom. The van der Waals surface area contributed by atoms with Crippen molar-refractivity contribution < 1.29 is 5.11 Å². The second kappa shape index (κ2) is 4.00. The van der Waals surface area contributed by atoms with Gasteiger partial charge in [-0.1, -0.05) is 30.3 Å². The molecule has 0 spiro atoms. The van der Waals surface area contributed by atoms with Crippen LogP contribution in [-0.4, -0.2) is 14.0 Å². The molecule has 0 amide bonds. The molecule has 1 heterocycles. The third-order valence-electron chi connectivity index (χ3n) is 1.86. The lowest BCUT2D eigenvalue weighted by atomic mass is 10.2. The molecule has 0 fully saturated rings. The van der Waals surface area contributed by atoms with Crippen molar-refractivity contribution >= 4 is 23.8 Å². The van der Waals surface area contributed by atoms with Crippen molar-refractivity contribution in [1.82, 2.24) is 8.94 Å². The lowest BCUT2D eigenvalue weighted by Gasteiger charge is -2.01. The molecule has 0 saturated carbocycles. The van der Waals surface area contributed by atoms with Crippen molar-refractivity contribution in [2.24, 2.45) is 0 Å². The summed E-state index contributed by atoms with van der Waals surface area (Å²) < 4.78 is 6.39. The monoisotopic (exact) mass is 224 g/mol. The summed E-state index contributed by atoms with van der Waals surface area (Å²) in [5, 5.41) is 9.11. The van der Waals surface area contributed by atoms with E-state index in [2.05, 4.69) is 4.37 Å². The number of rotatable bonds is 2. The van der Waals surface area contributed by atoms with Crippen LogP contribution in [0.3, 0.4) is 0 Å². The maximum atomic E-state index is 9.11. The lowest BCUT2D eigenvalue weighted by Crippen LogP contribution is -1.99. The summed E-state index contributed by atoms with van der Waals surface area (Å²) in [5.41, 5.74) is 0.967. The molecule has 14 heavy (non-hydrogen) atoms. The van der Waals surface area contributed by atoms with E-state index in [1.165, 1.54) is 11.5 Å². The van der Waals surface area contributed by atoms with Gasteiger partial charge in [-0.05, 0) is 23.8 Å². The van der Waals surface area contributed by atoms with Gasteiger partial charge in [0.2, 0.25) is 0 Å². The van der Waals surface area contributed by atoms with Crippen molar-refractivity contribution in [2.45, 2.75) is 6.73 Å². The Labute approximate surface area is 90.4 Å². The van der Waals surface area contributed by atoms with E-state index in [0.717, 1.165) is 11.4 Å². The molecule has 0 bridgehead atoms. The molecule has 5 heteroatoms. The van der Waals surface area contributed by atoms with Crippen molar-refractivity contribution in [3.8, 4) is 11.4 Å². The van der Waals surface area contributed by atoms with Crippen LogP contribution in [0.1, 0.15) is 0 Å². The van der Waals surface area contributed by atoms with Gasteiger partial charge in [0.05, 0.1) is 0 Å². The van der Waals surface area contributed by atoms with E-state index < -0.39 is 0 Å². The Morgan fingerprint density at radius 2 is 2.07 bits per heavy atom. The highest BCUT2D eigenvalue weighted by Gasteiger charge is 2.06. The molecule has 0 aliphatic heterocycles. The number of aromatic nitrogens is 2. The van der Waals surface area contributed by atoms with Gasteiger partial charge in [0, 0.05) is 5.56 Å². The van der Waals surface area contributed by atoms with E-state index in [0.29, 0.717) is 3.95 Å². The predicted molar refractivity (Wildman–Crippen MR) is 58.6 cm³/mol. The van der Waals surface area contributed by atoms with Gasteiger partial charge in [-0.15, -0.1) is 0 Å². The summed E-state index contributed by atoms with van der Waals surface area (Å²) >= 11 is 6.25. The molecule has 72 valence electrons. The summed E-state index contributed by atoms with van der Waals surface area (Å²) in [6.07, 6.45) is 0. The fourth-order valence-electron chi connectivity index (χ4n) is 1.19. The minimum absolute atomic E-state index is 0.125. The maximum absolute atomic E-state index is 9.11. The number of aliphatic hydroxyl groups excluding tert-OH is 1. The third-order valence-corrected chi connectivity index (χ3v) is 2.94. The normalized spacial score (nSPS) is 10.4. The second-order valence-corrected chi connectivity index (χ2v) is 4.10. The van der Waals surface area contributed by atoms with E-state index in [1.807, 2.05) is 30.3 Å². The minimum atomic E-state index is -0.125. The largest absolute Gasteiger partial charge is 0.376 e. The molecule has 1 N–H and O–H groups in total. The Hall–Kier alpha value is -1.04. The Bertz CT molecular complexity index is 475. The summed E-state index contributed by atoms with van der Waals surface area (Å²) in [6.45, 7) is -0.125. The Balaban J connectivity index is 2.57. The smallest absolute Gasteiger partial charge is 0.182 e. The number of aliphatic hydroxyl groups is 1. The lowest BCUT2D eigenvalue weighted by molar-refractivity contribution is 0.211. The first-order chi connectivity index (χ1) is 6.83. The molecule has 0 aliphatic carbocycles. The molecular weight excluding hydrogens is 216 g/mol. The topological polar surface area (TPSA) is 38.0 Å². The highest BCUT2D eigenvalue weighted by molar-refractivity contribution is 7.73. The van der Waals surface area contributed by atoms with E-state index >= 15 is 0 Å². The molecule has 1 aromatic carbocycles. The van der Waals surface area contributed by atoms with Gasteiger partial charge >= 0.3 is 0 Å². The third kappa shape index (κ3) is 1.61. The first kappa shape index (κ1) is 9.51. The summed E-state index contributed by atoms with van der Waals surface area (Å²) in [5.74, 6) is 0.725. The van der Waals surface area contributed by atoms with Gasteiger partial charge in [-0.2, -0.15) is 4.37 Å². The van der Waals surface area contributed by atoms with E-state index in [1.54, 1.807) is 4.57 Å². The maximum Gasteiger partial charge on any atom is 0.182 e. The molecule has 0 unspecified atom stereocenters. The zero-order valence-electron chi connectivity index (χ0n) is 7.25. The molecule has 1 aromatic heterocycles. The first-order valence-electron chi connectivity index (χ1n) is 4.05. The van der Waals surface area contributed by atoms with Crippen LogP contribution in [0.25, 0.3) is 11.4 Å². The quantitative estimate of drug-likeness (QED) is 0.795. The Kier molecular flexibility index (Phi) is 2.72. The van der Waals surface area contributed by atoms with Crippen LogP contribution in [0.2, 0.25) is 0 Å². The van der Waals surface area contributed by atoms with Gasteiger partial charge in [0.1, 0.15) is 6.73 Å². The summed E-state index contributed by atoms with van der Waals surface area (Å²) in [7, 11) is 0. The van der Waals surface area contributed by atoms with E-state index in [9.17, 15) is 0 Å². The van der Waals surface area contributed by atoms with Gasteiger partial charge in [0.25, 0.3) is 0 Å². The first-order valence-corrected chi connectivity index (χ1v) is 5.24. The molecule has 0 atom stereocenters. The number of hydrogen-bond donors (Lipinski definition) is 1. The fraction of sp³-hybridized carbons (Fsp3) is 0.111. The minimum Gasteiger partial charge on any atom is -0.376 e. The number of hydrogen-bond acceptors (Lipinski definition) is 4. The highest BCUT2D eigenvalue weighted by atomic mass is 32.2. The van der Waals surface area contributed by atoms with Gasteiger partial charge in [0.15, 0.2) is 9.78 Å². The molecule has 2 aromatic rings. The SMILES string of the molecule is OCn1c(-c2ccccc2)nsc1=S. The van der Waals surface area contributed by atoms with Gasteiger partial charge in [-0.3, -0.25) is 4.57 Å². The average Bonchev–Trinajstić information content (AvgIpc) is 2.61. The van der Waals surface area contributed by atoms with E-state index in [-0.39, 0.29) is 6.73 Å². The predicted octanol–water partition coefficient (Wildman–Crippen LogP) is 2.29. The van der Waals surface area contributed by atoms with Crippen molar-refractivity contribution in [1.29, 1.82) is 0 Å². The van der Waals surface area contributed by atoms with Crippen LogP contribution in [0.4, 0.5) is 0 Å². The summed E-state index contributed by atoms with van der Waals surface area (Å²) in [6, 6.07) is 9.68. The molecule has 3 nitrogen and oxygen atoms in total. The van der Waals surface area contributed by atoms with Crippen molar-refractivity contribution in [3.63, 3.8) is 0 Å². The molecule has 0 saturated heterocycles. The van der Waals surface area contributed by atoms with Gasteiger partial charge in [-0.25, -0.2) is 0 Å². The summed E-state index contributed by atoms with van der Waals surface area (Å²) in [4.78, 5) is 0.